The zero-order valence-electron chi connectivity index (χ0n) is 8.92. The average Bonchev–Trinajstić information content (AvgIpc) is 2.76. The van der Waals surface area contributed by atoms with Gasteiger partial charge in [-0.3, -0.25) is 0 Å². The van der Waals surface area contributed by atoms with Crippen LogP contribution in [0.15, 0.2) is 17.0 Å². The Labute approximate surface area is 84.9 Å². The molecule has 1 aromatic heterocycles. The van der Waals surface area contributed by atoms with E-state index in [1.807, 2.05) is 0 Å². The van der Waals surface area contributed by atoms with Gasteiger partial charge in [-0.2, -0.15) is 0 Å². The molecular weight excluding hydrogens is 176 g/mol. The second-order valence-corrected chi connectivity index (χ2v) is 4.59. The molecule has 1 aromatic rings. The smallest absolute Gasteiger partial charge is 0.180 e. The van der Waals surface area contributed by atoms with Crippen LogP contribution < -0.4 is 5.32 Å². The van der Waals surface area contributed by atoms with Crippen LogP contribution in [0.25, 0.3) is 0 Å². The summed E-state index contributed by atoms with van der Waals surface area (Å²) >= 11 is 0. The topological polar surface area (TPSA) is 38.1 Å². The first-order valence-electron chi connectivity index (χ1n) is 5.31. The van der Waals surface area contributed by atoms with E-state index in [4.69, 9.17) is 4.42 Å². The molecular formula is C11H18N2O. The Balaban J connectivity index is 1.73. The van der Waals surface area contributed by atoms with Crippen molar-refractivity contribution < 1.29 is 4.42 Å². The van der Waals surface area contributed by atoms with Crippen molar-refractivity contribution in [2.75, 3.05) is 6.54 Å². The Kier molecular flexibility index (Phi) is 2.59. The van der Waals surface area contributed by atoms with Crippen molar-refractivity contribution in [3.8, 4) is 0 Å². The first-order chi connectivity index (χ1) is 6.73. The van der Waals surface area contributed by atoms with Gasteiger partial charge in [0.1, 0.15) is 5.76 Å². The van der Waals surface area contributed by atoms with Crippen LogP contribution in [0.4, 0.5) is 0 Å². The van der Waals surface area contributed by atoms with Gasteiger partial charge in [0.15, 0.2) is 6.39 Å². The van der Waals surface area contributed by atoms with Crippen molar-refractivity contribution in [2.45, 2.75) is 33.2 Å². The van der Waals surface area contributed by atoms with Gasteiger partial charge in [0.05, 0.1) is 12.7 Å². The summed E-state index contributed by atoms with van der Waals surface area (Å²) in [5.41, 5.74) is 0.569. The third-order valence-corrected chi connectivity index (χ3v) is 3.38. The van der Waals surface area contributed by atoms with Crippen molar-refractivity contribution >= 4 is 0 Å². The summed E-state index contributed by atoms with van der Waals surface area (Å²) in [5, 5.41) is 3.44. The van der Waals surface area contributed by atoms with Gasteiger partial charge in [0.25, 0.3) is 0 Å². The van der Waals surface area contributed by atoms with E-state index in [-0.39, 0.29) is 0 Å². The van der Waals surface area contributed by atoms with Crippen molar-refractivity contribution in [1.29, 1.82) is 0 Å². The highest BCUT2D eigenvalue weighted by Crippen LogP contribution is 2.51. The molecule has 2 rings (SSSR count). The maximum Gasteiger partial charge on any atom is 0.180 e. The predicted molar refractivity (Wildman–Crippen MR) is 54.7 cm³/mol. The minimum atomic E-state index is 0.569. The monoisotopic (exact) mass is 194 g/mol. The van der Waals surface area contributed by atoms with Crippen LogP contribution in [-0.4, -0.2) is 11.5 Å². The molecule has 0 spiro atoms. The summed E-state index contributed by atoms with van der Waals surface area (Å²) < 4.78 is 5.16. The van der Waals surface area contributed by atoms with Crippen LogP contribution in [0.5, 0.6) is 0 Å². The summed E-state index contributed by atoms with van der Waals surface area (Å²) in [7, 11) is 0. The number of aromatic nitrogens is 1. The highest BCUT2D eigenvalue weighted by Gasteiger charge is 2.44. The van der Waals surface area contributed by atoms with E-state index < -0.39 is 0 Å². The standard InChI is InChI=1S/C11H18N2O/c1-9(2)11(3-4-11)7-12-5-10-6-13-8-14-10/h6,8-9,12H,3-5,7H2,1-2H3. The Bertz CT molecular complexity index is 275. The molecule has 1 saturated carbocycles. The summed E-state index contributed by atoms with van der Waals surface area (Å²) in [4.78, 5) is 3.88. The third-order valence-electron chi connectivity index (χ3n) is 3.38. The van der Waals surface area contributed by atoms with Crippen LogP contribution in [0.3, 0.4) is 0 Å². The largest absolute Gasteiger partial charge is 0.447 e. The van der Waals surface area contributed by atoms with E-state index in [0.717, 1.165) is 24.8 Å². The molecule has 1 N–H and O–H groups in total. The molecule has 0 aromatic carbocycles. The number of oxazole rings is 1. The van der Waals surface area contributed by atoms with Crippen LogP contribution in [0, 0.1) is 11.3 Å². The molecule has 1 aliphatic carbocycles. The number of rotatable bonds is 5. The maximum atomic E-state index is 5.16. The number of nitrogens with zero attached hydrogens (tertiary/aromatic N) is 1. The molecule has 1 aliphatic rings. The number of nitrogens with one attached hydrogen (secondary N) is 1. The molecule has 1 heterocycles. The Morgan fingerprint density at radius 2 is 2.36 bits per heavy atom. The van der Waals surface area contributed by atoms with E-state index in [2.05, 4.69) is 24.1 Å². The Morgan fingerprint density at radius 3 is 2.86 bits per heavy atom. The van der Waals surface area contributed by atoms with Crippen LogP contribution in [0.2, 0.25) is 0 Å². The minimum absolute atomic E-state index is 0.569. The minimum Gasteiger partial charge on any atom is -0.447 e. The van der Waals surface area contributed by atoms with Gasteiger partial charge in [-0.25, -0.2) is 4.98 Å². The molecule has 1 fully saturated rings. The zero-order valence-corrected chi connectivity index (χ0v) is 8.92. The lowest BCUT2D eigenvalue weighted by Gasteiger charge is -2.19. The van der Waals surface area contributed by atoms with Gasteiger partial charge >= 0.3 is 0 Å². The lowest BCUT2D eigenvalue weighted by atomic mass is 9.92. The van der Waals surface area contributed by atoms with Crippen molar-refractivity contribution in [3.63, 3.8) is 0 Å². The Hall–Kier alpha value is -0.830. The quantitative estimate of drug-likeness (QED) is 0.781. The molecule has 0 saturated heterocycles. The molecule has 14 heavy (non-hydrogen) atoms. The predicted octanol–water partition coefficient (Wildman–Crippen LogP) is 2.20. The molecule has 78 valence electrons. The molecule has 3 nitrogen and oxygen atoms in total. The lowest BCUT2D eigenvalue weighted by molar-refractivity contribution is 0.331. The molecule has 0 amide bonds. The summed E-state index contributed by atoms with van der Waals surface area (Å²) in [6.45, 7) is 6.52. The number of hydrogen-bond donors (Lipinski definition) is 1. The van der Waals surface area contributed by atoms with Gasteiger partial charge in [-0.15, -0.1) is 0 Å². The lowest BCUT2D eigenvalue weighted by Crippen LogP contribution is -2.27. The van der Waals surface area contributed by atoms with E-state index in [0.29, 0.717) is 5.41 Å². The van der Waals surface area contributed by atoms with Crippen molar-refractivity contribution in [2.24, 2.45) is 11.3 Å². The van der Waals surface area contributed by atoms with Crippen LogP contribution in [-0.2, 0) is 6.54 Å². The van der Waals surface area contributed by atoms with Gasteiger partial charge in [0.2, 0.25) is 0 Å². The third kappa shape index (κ3) is 1.98. The van der Waals surface area contributed by atoms with Crippen LogP contribution >= 0.6 is 0 Å². The fourth-order valence-corrected chi connectivity index (χ4v) is 1.88. The fraction of sp³-hybridized carbons (Fsp3) is 0.727. The molecule has 0 unspecified atom stereocenters. The zero-order chi connectivity index (χ0) is 10.0. The van der Waals surface area contributed by atoms with Crippen LogP contribution in [0.1, 0.15) is 32.4 Å². The number of hydrogen-bond acceptors (Lipinski definition) is 3. The van der Waals surface area contributed by atoms with Gasteiger partial charge in [0, 0.05) is 6.54 Å². The van der Waals surface area contributed by atoms with Crippen molar-refractivity contribution in [1.82, 2.24) is 10.3 Å². The van der Waals surface area contributed by atoms with E-state index in [1.54, 1.807) is 6.20 Å². The first kappa shape index (κ1) is 9.71. The molecule has 3 heteroatoms. The average molecular weight is 194 g/mol. The summed E-state index contributed by atoms with van der Waals surface area (Å²) in [6.07, 6.45) is 5.98. The maximum absolute atomic E-state index is 5.16. The molecule has 0 radical (unpaired) electrons. The molecule has 0 atom stereocenters. The van der Waals surface area contributed by atoms with Gasteiger partial charge in [-0.05, 0) is 24.2 Å². The SMILES string of the molecule is CC(C)C1(CNCc2cnco2)CC1. The Morgan fingerprint density at radius 1 is 1.57 bits per heavy atom. The molecule has 0 aliphatic heterocycles. The van der Waals surface area contributed by atoms with E-state index >= 15 is 0 Å². The highest BCUT2D eigenvalue weighted by atomic mass is 16.3. The summed E-state index contributed by atoms with van der Waals surface area (Å²) in [6, 6.07) is 0. The highest BCUT2D eigenvalue weighted by molar-refractivity contribution is 4.98. The fourth-order valence-electron chi connectivity index (χ4n) is 1.88. The second-order valence-electron chi connectivity index (χ2n) is 4.59. The normalized spacial score (nSPS) is 18.8. The molecule has 0 bridgehead atoms. The first-order valence-corrected chi connectivity index (χ1v) is 5.31. The van der Waals surface area contributed by atoms with Crippen molar-refractivity contribution in [3.05, 3.63) is 18.4 Å². The van der Waals surface area contributed by atoms with E-state index in [1.165, 1.54) is 19.2 Å². The van der Waals surface area contributed by atoms with Gasteiger partial charge in [-0.1, -0.05) is 13.8 Å². The van der Waals surface area contributed by atoms with E-state index in [9.17, 15) is 0 Å². The second kappa shape index (κ2) is 3.73. The van der Waals surface area contributed by atoms with Gasteiger partial charge < -0.3 is 9.73 Å². The summed E-state index contributed by atoms with van der Waals surface area (Å²) in [5.74, 6) is 1.70.